The summed E-state index contributed by atoms with van der Waals surface area (Å²) in [5.74, 6) is 0. The number of hydrogen-bond donors (Lipinski definition) is 1. The number of aromatic nitrogens is 2. The summed E-state index contributed by atoms with van der Waals surface area (Å²) in [5.41, 5.74) is 1.09. The fraction of sp³-hybridized carbons (Fsp3) is 0.727. The molecule has 3 nitrogen and oxygen atoms in total. The van der Waals surface area contributed by atoms with Crippen molar-refractivity contribution in [2.75, 3.05) is 6.54 Å². The Morgan fingerprint density at radius 1 is 1.57 bits per heavy atom. The van der Waals surface area contributed by atoms with E-state index in [0.29, 0.717) is 6.04 Å². The highest BCUT2D eigenvalue weighted by Crippen LogP contribution is 1.95. The van der Waals surface area contributed by atoms with E-state index in [1.165, 1.54) is 12.8 Å². The van der Waals surface area contributed by atoms with Crippen molar-refractivity contribution in [3.63, 3.8) is 0 Å². The van der Waals surface area contributed by atoms with Gasteiger partial charge in [-0.1, -0.05) is 13.3 Å². The van der Waals surface area contributed by atoms with Crippen LogP contribution in [0.1, 0.15) is 32.4 Å². The molecule has 0 amide bonds. The summed E-state index contributed by atoms with van der Waals surface area (Å²) in [7, 11) is 0. The summed E-state index contributed by atoms with van der Waals surface area (Å²) >= 11 is 0. The molecule has 1 unspecified atom stereocenters. The second-order valence-corrected chi connectivity index (χ2v) is 3.86. The zero-order valence-electron chi connectivity index (χ0n) is 9.45. The summed E-state index contributed by atoms with van der Waals surface area (Å²) in [6, 6.07) is 2.66. The minimum absolute atomic E-state index is 0.622. The highest BCUT2D eigenvalue weighted by atomic mass is 15.3. The standard InChI is InChI=1S/C11H21N3/c1-4-5-10(2)12-7-9-14-8-6-11(3)13-14/h6,8,10,12H,4-5,7,9H2,1-3H3. The molecule has 1 aromatic heterocycles. The molecule has 0 aromatic carbocycles. The Kier molecular flexibility index (Phi) is 4.66. The Balaban J connectivity index is 2.15. The van der Waals surface area contributed by atoms with Crippen LogP contribution in [0.4, 0.5) is 0 Å². The van der Waals surface area contributed by atoms with Crippen LogP contribution in [0.3, 0.4) is 0 Å². The van der Waals surface area contributed by atoms with E-state index in [2.05, 4.69) is 24.3 Å². The smallest absolute Gasteiger partial charge is 0.0593 e. The Morgan fingerprint density at radius 2 is 2.36 bits per heavy atom. The second kappa shape index (κ2) is 5.81. The summed E-state index contributed by atoms with van der Waals surface area (Å²) in [5, 5.41) is 7.81. The lowest BCUT2D eigenvalue weighted by atomic mass is 10.2. The van der Waals surface area contributed by atoms with Crippen molar-refractivity contribution in [2.45, 2.75) is 46.2 Å². The van der Waals surface area contributed by atoms with Crippen LogP contribution in [-0.4, -0.2) is 22.4 Å². The molecule has 0 aliphatic carbocycles. The maximum atomic E-state index is 4.33. The molecule has 0 fully saturated rings. The lowest BCUT2D eigenvalue weighted by Crippen LogP contribution is -2.29. The van der Waals surface area contributed by atoms with Gasteiger partial charge in [0.25, 0.3) is 0 Å². The first-order valence-electron chi connectivity index (χ1n) is 5.45. The van der Waals surface area contributed by atoms with Gasteiger partial charge in [-0.15, -0.1) is 0 Å². The molecule has 0 saturated heterocycles. The molecule has 0 saturated carbocycles. The van der Waals surface area contributed by atoms with Crippen LogP contribution in [0, 0.1) is 6.92 Å². The molecule has 0 radical (unpaired) electrons. The number of nitrogens with zero attached hydrogens (tertiary/aromatic N) is 2. The Morgan fingerprint density at radius 3 is 2.93 bits per heavy atom. The highest BCUT2D eigenvalue weighted by molar-refractivity contribution is 4.94. The van der Waals surface area contributed by atoms with Gasteiger partial charge in [0.05, 0.1) is 12.2 Å². The van der Waals surface area contributed by atoms with E-state index >= 15 is 0 Å². The van der Waals surface area contributed by atoms with Crippen LogP contribution in [-0.2, 0) is 6.54 Å². The number of rotatable bonds is 6. The van der Waals surface area contributed by atoms with Gasteiger partial charge in [-0.25, -0.2) is 0 Å². The third-order valence-corrected chi connectivity index (χ3v) is 2.33. The van der Waals surface area contributed by atoms with Crippen LogP contribution in [0.2, 0.25) is 0 Å². The zero-order valence-corrected chi connectivity index (χ0v) is 9.45. The zero-order chi connectivity index (χ0) is 10.4. The van der Waals surface area contributed by atoms with E-state index in [9.17, 15) is 0 Å². The SMILES string of the molecule is CCCC(C)NCCn1ccc(C)n1. The number of hydrogen-bond acceptors (Lipinski definition) is 2. The molecule has 0 spiro atoms. The van der Waals surface area contributed by atoms with Crippen molar-refractivity contribution in [2.24, 2.45) is 0 Å². The van der Waals surface area contributed by atoms with Crippen LogP contribution in [0.5, 0.6) is 0 Å². The summed E-state index contributed by atoms with van der Waals surface area (Å²) in [4.78, 5) is 0. The van der Waals surface area contributed by atoms with E-state index in [1.54, 1.807) is 0 Å². The van der Waals surface area contributed by atoms with E-state index < -0.39 is 0 Å². The molecule has 0 bridgehead atoms. The van der Waals surface area contributed by atoms with Gasteiger partial charge in [0.1, 0.15) is 0 Å². The first-order chi connectivity index (χ1) is 6.72. The van der Waals surface area contributed by atoms with E-state index in [4.69, 9.17) is 0 Å². The predicted molar refractivity (Wildman–Crippen MR) is 59.3 cm³/mol. The van der Waals surface area contributed by atoms with Gasteiger partial charge in [-0.3, -0.25) is 4.68 Å². The van der Waals surface area contributed by atoms with Crippen LogP contribution < -0.4 is 5.32 Å². The topological polar surface area (TPSA) is 29.9 Å². The Hall–Kier alpha value is -0.830. The minimum Gasteiger partial charge on any atom is -0.312 e. The van der Waals surface area contributed by atoms with Crippen LogP contribution in [0.25, 0.3) is 0 Å². The van der Waals surface area contributed by atoms with Gasteiger partial charge in [0, 0.05) is 18.8 Å². The normalized spacial score (nSPS) is 13.1. The fourth-order valence-electron chi connectivity index (χ4n) is 1.55. The van der Waals surface area contributed by atoms with E-state index in [1.807, 2.05) is 23.9 Å². The Bertz CT molecular complexity index is 255. The fourth-order valence-corrected chi connectivity index (χ4v) is 1.55. The van der Waals surface area contributed by atoms with Gasteiger partial charge in [0.2, 0.25) is 0 Å². The van der Waals surface area contributed by atoms with E-state index in [0.717, 1.165) is 18.8 Å². The minimum atomic E-state index is 0.622. The molecule has 1 aromatic rings. The van der Waals surface area contributed by atoms with Gasteiger partial charge < -0.3 is 5.32 Å². The maximum Gasteiger partial charge on any atom is 0.0593 e. The van der Waals surface area contributed by atoms with Crippen molar-refractivity contribution in [3.05, 3.63) is 18.0 Å². The number of aryl methyl sites for hydroxylation is 1. The molecule has 1 N–H and O–H groups in total. The largest absolute Gasteiger partial charge is 0.312 e. The predicted octanol–water partition coefficient (Wildman–Crippen LogP) is 1.97. The van der Waals surface area contributed by atoms with Crippen molar-refractivity contribution in [1.82, 2.24) is 15.1 Å². The molecule has 1 atom stereocenters. The highest BCUT2D eigenvalue weighted by Gasteiger charge is 1.99. The van der Waals surface area contributed by atoms with Crippen LogP contribution >= 0.6 is 0 Å². The molecule has 1 rings (SSSR count). The molecule has 0 aliphatic rings. The molecule has 0 aliphatic heterocycles. The lowest BCUT2D eigenvalue weighted by Gasteiger charge is -2.12. The average molecular weight is 195 g/mol. The van der Waals surface area contributed by atoms with Crippen molar-refractivity contribution >= 4 is 0 Å². The average Bonchev–Trinajstić information content (AvgIpc) is 2.52. The van der Waals surface area contributed by atoms with Gasteiger partial charge in [-0.05, 0) is 26.3 Å². The molecule has 3 heteroatoms. The first kappa shape index (κ1) is 11.2. The van der Waals surface area contributed by atoms with Gasteiger partial charge in [-0.2, -0.15) is 5.10 Å². The molecule has 80 valence electrons. The molecular weight excluding hydrogens is 174 g/mol. The first-order valence-corrected chi connectivity index (χ1v) is 5.45. The summed E-state index contributed by atoms with van der Waals surface area (Å²) in [6.07, 6.45) is 4.52. The monoisotopic (exact) mass is 195 g/mol. The molecular formula is C11H21N3. The van der Waals surface area contributed by atoms with Crippen molar-refractivity contribution in [3.8, 4) is 0 Å². The summed E-state index contributed by atoms with van der Waals surface area (Å²) < 4.78 is 1.99. The van der Waals surface area contributed by atoms with E-state index in [-0.39, 0.29) is 0 Å². The third kappa shape index (κ3) is 3.92. The molecule has 1 heterocycles. The van der Waals surface area contributed by atoms with Crippen molar-refractivity contribution < 1.29 is 0 Å². The van der Waals surface area contributed by atoms with Crippen LogP contribution in [0.15, 0.2) is 12.3 Å². The lowest BCUT2D eigenvalue weighted by molar-refractivity contribution is 0.471. The quantitative estimate of drug-likeness (QED) is 0.752. The van der Waals surface area contributed by atoms with Crippen molar-refractivity contribution in [1.29, 1.82) is 0 Å². The summed E-state index contributed by atoms with van der Waals surface area (Å²) in [6.45, 7) is 8.43. The maximum absolute atomic E-state index is 4.33. The number of nitrogens with one attached hydrogen (secondary N) is 1. The molecule has 14 heavy (non-hydrogen) atoms. The second-order valence-electron chi connectivity index (χ2n) is 3.86. The van der Waals surface area contributed by atoms with Gasteiger partial charge >= 0.3 is 0 Å². The van der Waals surface area contributed by atoms with Gasteiger partial charge in [0.15, 0.2) is 0 Å². The third-order valence-electron chi connectivity index (χ3n) is 2.33. The Labute approximate surface area is 86.5 Å².